The third-order valence-corrected chi connectivity index (χ3v) is 2.65. The van der Waals surface area contributed by atoms with Crippen LogP contribution >= 0.6 is 12.4 Å². The van der Waals surface area contributed by atoms with Crippen molar-refractivity contribution >= 4 is 24.1 Å². The average Bonchev–Trinajstić information content (AvgIpc) is 2.74. The van der Waals surface area contributed by atoms with Crippen LogP contribution in [-0.2, 0) is 11.3 Å². The Morgan fingerprint density at radius 1 is 1.56 bits per heavy atom. The van der Waals surface area contributed by atoms with E-state index in [0.29, 0.717) is 6.54 Å². The Balaban J connectivity index is 0.00000289. The van der Waals surface area contributed by atoms with E-state index in [2.05, 4.69) is 22.7 Å². The number of carbonyl (C=O) groups is 1. The standard InChI is InChI=1S/C12H22N4O.ClH/c1-4-5-8-16-11(6-7-14-16)15-12(17)10(2)9-13-3;/h6-7,10,13H,4-5,8-9H2,1-3H3,(H,15,17);1H. The van der Waals surface area contributed by atoms with Gasteiger partial charge in [-0.3, -0.25) is 4.79 Å². The van der Waals surface area contributed by atoms with Crippen molar-refractivity contribution in [2.75, 3.05) is 18.9 Å². The van der Waals surface area contributed by atoms with Crippen LogP contribution in [0.1, 0.15) is 26.7 Å². The van der Waals surface area contributed by atoms with Crippen LogP contribution in [0, 0.1) is 5.92 Å². The second-order valence-electron chi connectivity index (χ2n) is 4.24. The summed E-state index contributed by atoms with van der Waals surface area (Å²) in [5, 5.41) is 10.1. The van der Waals surface area contributed by atoms with Gasteiger partial charge in [-0.1, -0.05) is 20.3 Å². The summed E-state index contributed by atoms with van der Waals surface area (Å²) in [7, 11) is 1.84. The van der Waals surface area contributed by atoms with Gasteiger partial charge in [0.05, 0.1) is 6.20 Å². The van der Waals surface area contributed by atoms with Gasteiger partial charge in [0.25, 0.3) is 0 Å². The largest absolute Gasteiger partial charge is 0.319 e. The third-order valence-electron chi connectivity index (χ3n) is 2.65. The summed E-state index contributed by atoms with van der Waals surface area (Å²) >= 11 is 0. The summed E-state index contributed by atoms with van der Waals surface area (Å²) in [6.45, 7) is 5.56. The van der Waals surface area contributed by atoms with Crippen LogP contribution in [-0.4, -0.2) is 29.3 Å². The molecule has 2 N–H and O–H groups in total. The molecule has 5 nitrogen and oxygen atoms in total. The Kier molecular flexibility index (Phi) is 8.41. The second-order valence-corrected chi connectivity index (χ2v) is 4.24. The SMILES string of the molecule is CCCCn1nccc1NC(=O)C(C)CNC.Cl. The lowest BCUT2D eigenvalue weighted by atomic mass is 10.1. The molecule has 0 aromatic carbocycles. The van der Waals surface area contributed by atoms with E-state index in [1.165, 1.54) is 0 Å². The number of halogens is 1. The van der Waals surface area contributed by atoms with Gasteiger partial charge in [0, 0.05) is 25.1 Å². The molecule has 0 saturated heterocycles. The zero-order chi connectivity index (χ0) is 12.7. The molecule has 1 heterocycles. The molecule has 0 aliphatic rings. The molecule has 1 aromatic rings. The topological polar surface area (TPSA) is 59.0 Å². The molecule has 0 spiro atoms. The summed E-state index contributed by atoms with van der Waals surface area (Å²) in [4.78, 5) is 11.8. The fourth-order valence-corrected chi connectivity index (χ4v) is 1.57. The average molecular weight is 275 g/mol. The van der Waals surface area contributed by atoms with E-state index in [1.54, 1.807) is 6.20 Å². The molecular weight excluding hydrogens is 252 g/mol. The molecule has 0 aliphatic carbocycles. The first-order valence-electron chi connectivity index (χ1n) is 6.16. The highest BCUT2D eigenvalue weighted by atomic mass is 35.5. The lowest BCUT2D eigenvalue weighted by Crippen LogP contribution is -2.29. The summed E-state index contributed by atoms with van der Waals surface area (Å²) in [5.74, 6) is 0.763. The van der Waals surface area contributed by atoms with Gasteiger partial charge in [-0.05, 0) is 13.5 Å². The molecular formula is C12H23ClN4O. The van der Waals surface area contributed by atoms with E-state index in [-0.39, 0.29) is 24.2 Å². The molecule has 1 rings (SSSR count). The van der Waals surface area contributed by atoms with Crippen LogP contribution in [0.2, 0.25) is 0 Å². The van der Waals surface area contributed by atoms with Crippen molar-refractivity contribution in [2.45, 2.75) is 33.2 Å². The zero-order valence-corrected chi connectivity index (χ0v) is 12.1. The maximum absolute atomic E-state index is 11.8. The number of nitrogens with one attached hydrogen (secondary N) is 2. The maximum atomic E-state index is 11.8. The number of aryl methyl sites for hydroxylation is 1. The molecule has 0 radical (unpaired) electrons. The third kappa shape index (κ3) is 5.06. The number of hydrogen-bond donors (Lipinski definition) is 2. The first-order valence-corrected chi connectivity index (χ1v) is 6.16. The number of unbranched alkanes of at least 4 members (excludes halogenated alkanes) is 1. The van der Waals surface area contributed by atoms with Gasteiger partial charge in [-0.15, -0.1) is 12.4 Å². The van der Waals surface area contributed by atoms with Gasteiger partial charge < -0.3 is 10.6 Å². The summed E-state index contributed by atoms with van der Waals surface area (Å²) in [5.41, 5.74) is 0. The number of hydrogen-bond acceptors (Lipinski definition) is 3. The molecule has 0 aliphatic heterocycles. The monoisotopic (exact) mass is 274 g/mol. The zero-order valence-electron chi connectivity index (χ0n) is 11.3. The fraction of sp³-hybridized carbons (Fsp3) is 0.667. The molecule has 18 heavy (non-hydrogen) atoms. The van der Waals surface area contributed by atoms with E-state index < -0.39 is 0 Å². The Hall–Kier alpha value is -1.07. The highest BCUT2D eigenvalue weighted by Crippen LogP contribution is 2.09. The van der Waals surface area contributed by atoms with Gasteiger partial charge in [0.15, 0.2) is 0 Å². The number of aromatic nitrogens is 2. The summed E-state index contributed by atoms with van der Waals surface area (Å²) in [6, 6.07) is 1.83. The van der Waals surface area contributed by atoms with Gasteiger partial charge in [-0.2, -0.15) is 5.10 Å². The Morgan fingerprint density at radius 2 is 2.28 bits per heavy atom. The van der Waals surface area contributed by atoms with Crippen LogP contribution in [0.25, 0.3) is 0 Å². The van der Waals surface area contributed by atoms with Crippen molar-refractivity contribution in [1.82, 2.24) is 15.1 Å². The number of rotatable bonds is 7. The molecule has 0 fully saturated rings. The number of anilines is 1. The fourth-order valence-electron chi connectivity index (χ4n) is 1.57. The molecule has 1 unspecified atom stereocenters. The van der Waals surface area contributed by atoms with Gasteiger partial charge in [0.1, 0.15) is 5.82 Å². The van der Waals surface area contributed by atoms with Crippen molar-refractivity contribution in [2.24, 2.45) is 5.92 Å². The van der Waals surface area contributed by atoms with Gasteiger partial charge >= 0.3 is 0 Å². The van der Waals surface area contributed by atoms with E-state index >= 15 is 0 Å². The van der Waals surface area contributed by atoms with Crippen molar-refractivity contribution in [1.29, 1.82) is 0 Å². The number of amides is 1. The molecule has 0 saturated carbocycles. The highest BCUT2D eigenvalue weighted by Gasteiger charge is 2.13. The minimum Gasteiger partial charge on any atom is -0.319 e. The van der Waals surface area contributed by atoms with Crippen LogP contribution in [0.3, 0.4) is 0 Å². The second kappa shape index (κ2) is 8.94. The number of carbonyl (C=O) groups excluding carboxylic acids is 1. The molecule has 1 atom stereocenters. The van der Waals surface area contributed by atoms with E-state index in [1.807, 2.05) is 24.7 Å². The lowest BCUT2D eigenvalue weighted by molar-refractivity contribution is -0.119. The first-order chi connectivity index (χ1) is 8.19. The minimum atomic E-state index is -0.0467. The Morgan fingerprint density at radius 3 is 2.89 bits per heavy atom. The van der Waals surface area contributed by atoms with E-state index in [9.17, 15) is 4.79 Å². The first kappa shape index (κ1) is 16.9. The van der Waals surface area contributed by atoms with E-state index in [0.717, 1.165) is 25.2 Å². The minimum absolute atomic E-state index is 0. The smallest absolute Gasteiger partial charge is 0.229 e. The van der Waals surface area contributed by atoms with Crippen molar-refractivity contribution in [3.8, 4) is 0 Å². The summed E-state index contributed by atoms with van der Waals surface area (Å²) in [6.07, 6.45) is 3.90. The Bertz CT molecular complexity index is 354. The van der Waals surface area contributed by atoms with Gasteiger partial charge in [-0.25, -0.2) is 4.68 Å². The molecule has 6 heteroatoms. The van der Waals surface area contributed by atoms with E-state index in [4.69, 9.17) is 0 Å². The quantitative estimate of drug-likeness (QED) is 0.798. The molecule has 104 valence electrons. The Labute approximate surface area is 115 Å². The van der Waals surface area contributed by atoms with Crippen LogP contribution in [0.15, 0.2) is 12.3 Å². The summed E-state index contributed by atoms with van der Waals surface area (Å²) < 4.78 is 1.84. The van der Waals surface area contributed by atoms with Crippen molar-refractivity contribution < 1.29 is 4.79 Å². The van der Waals surface area contributed by atoms with Crippen molar-refractivity contribution in [3.63, 3.8) is 0 Å². The lowest BCUT2D eigenvalue weighted by Gasteiger charge is -2.12. The molecule has 0 bridgehead atoms. The molecule has 1 aromatic heterocycles. The van der Waals surface area contributed by atoms with Crippen molar-refractivity contribution in [3.05, 3.63) is 12.3 Å². The predicted octanol–water partition coefficient (Wildman–Crippen LogP) is 1.90. The van der Waals surface area contributed by atoms with Crippen LogP contribution in [0.5, 0.6) is 0 Å². The highest BCUT2D eigenvalue weighted by molar-refractivity contribution is 5.91. The van der Waals surface area contributed by atoms with Gasteiger partial charge in [0.2, 0.25) is 5.91 Å². The number of nitrogens with zero attached hydrogens (tertiary/aromatic N) is 2. The maximum Gasteiger partial charge on any atom is 0.229 e. The van der Waals surface area contributed by atoms with Crippen LogP contribution < -0.4 is 10.6 Å². The van der Waals surface area contributed by atoms with Crippen LogP contribution in [0.4, 0.5) is 5.82 Å². The predicted molar refractivity (Wildman–Crippen MR) is 76.1 cm³/mol. The normalized spacial score (nSPS) is 11.7. The molecule has 1 amide bonds.